The number of aromatic amines is 1. The van der Waals surface area contributed by atoms with Gasteiger partial charge in [0.2, 0.25) is 0 Å². The van der Waals surface area contributed by atoms with E-state index in [0.717, 1.165) is 82.5 Å². The molecule has 2 atom stereocenters. The zero-order valence-corrected chi connectivity index (χ0v) is 36.5. The first-order valence-electron chi connectivity index (χ1n) is 20.5. The maximum Gasteiger partial charge on any atom is 0.410 e. The Bertz CT molecular complexity index is 2250. The molecule has 0 bridgehead atoms. The summed E-state index contributed by atoms with van der Waals surface area (Å²) in [6.07, 6.45) is 8.20. The highest BCUT2D eigenvalue weighted by Crippen LogP contribution is 2.36. The highest BCUT2D eigenvalue weighted by molar-refractivity contribution is 6.76. The Labute approximate surface area is 342 Å². The quantitative estimate of drug-likeness (QED) is 0.108. The molecule has 7 rings (SSSR count). The summed E-state index contributed by atoms with van der Waals surface area (Å²) in [7, 11) is -1.30. The SMILES string of the molecule is CC(C)(C)OC(=O)N1CCC[C@H]1c1ncc(-c2ccc(-c3ccc4nc(-c5cnc([C@@H]6CCCN6C(=O)OC(C)(C)C)n5COCC[Si](C)(C)C)cnc4c3)cc2)[nH]1. The van der Waals surface area contributed by atoms with Gasteiger partial charge >= 0.3 is 12.2 Å². The summed E-state index contributed by atoms with van der Waals surface area (Å²) in [6.45, 7) is 20.5. The number of imidazole rings is 2. The number of likely N-dealkylation sites (tertiary alicyclic amines) is 2. The average molecular weight is 807 g/mol. The molecule has 13 nitrogen and oxygen atoms in total. The summed E-state index contributed by atoms with van der Waals surface area (Å²) >= 11 is 0. The Morgan fingerprint density at radius 1 is 0.759 bits per heavy atom. The molecule has 5 heterocycles. The first kappa shape index (κ1) is 41.1. The van der Waals surface area contributed by atoms with Gasteiger partial charge in [0.25, 0.3) is 0 Å². The van der Waals surface area contributed by atoms with Gasteiger partial charge in [0, 0.05) is 27.8 Å². The van der Waals surface area contributed by atoms with Crippen molar-refractivity contribution in [3.8, 4) is 33.8 Å². The molecule has 1 N–H and O–H groups in total. The van der Waals surface area contributed by atoms with E-state index in [4.69, 9.17) is 29.2 Å². The van der Waals surface area contributed by atoms with Crippen LogP contribution in [0.3, 0.4) is 0 Å². The maximum absolute atomic E-state index is 13.3. The van der Waals surface area contributed by atoms with Crippen molar-refractivity contribution in [3.63, 3.8) is 0 Å². The minimum absolute atomic E-state index is 0.139. The molecule has 308 valence electrons. The Hall–Kier alpha value is -5.08. The molecule has 2 amide bonds. The first-order chi connectivity index (χ1) is 27.4. The molecule has 0 unspecified atom stereocenters. The number of rotatable bonds is 10. The van der Waals surface area contributed by atoms with E-state index in [9.17, 15) is 9.59 Å². The predicted octanol–water partition coefficient (Wildman–Crippen LogP) is 10.0. The molecule has 2 aliphatic heterocycles. The number of aromatic nitrogens is 6. The molecular formula is C44H58N8O5Si. The van der Waals surface area contributed by atoms with Crippen LogP contribution in [0.2, 0.25) is 25.7 Å². The third-order valence-electron chi connectivity index (χ3n) is 10.4. The second kappa shape index (κ2) is 16.3. The van der Waals surface area contributed by atoms with Gasteiger partial charge in [0.15, 0.2) is 0 Å². The largest absolute Gasteiger partial charge is 0.444 e. The highest BCUT2D eigenvalue weighted by Gasteiger charge is 2.37. The lowest BCUT2D eigenvalue weighted by Gasteiger charge is -2.29. The summed E-state index contributed by atoms with van der Waals surface area (Å²) in [5, 5.41) is 0. The topological polar surface area (TPSA) is 141 Å². The van der Waals surface area contributed by atoms with Gasteiger partial charge in [0.1, 0.15) is 35.3 Å². The van der Waals surface area contributed by atoms with Gasteiger partial charge in [-0.3, -0.25) is 14.8 Å². The number of nitrogens with one attached hydrogen (secondary N) is 1. The molecule has 0 saturated carbocycles. The molecule has 0 aliphatic carbocycles. The number of hydrogen-bond acceptors (Lipinski definition) is 9. The molecule has 3 aromatic heterocycles. The lowest BCUT2D eigenvalue weighted by atomic mass is 10.0. The fourth-order valence-electron chi connectivity index (χ4n) is 7.50. The van der Waals surface area contributed by atoms with Crippen molar-refractivity contribution in [2.75, 3.05) is 19.7 Å². The van der Waals surface area contributed by atoms with Gasteiger partial charge in [-0.15, -0.1) is 0 Å². The van der Waals surface area contributed by atoms with E-state index >= 15 is 0 Å². The first-order valence-corrected chi connectivity index (χ1v) is 24.2. The summed E-state index contributed by atoms with van der Waals surface area (Å²) in [5.41, 5.74) is 5.84. The number of carbonyl (C=O) groups excluding carboxylic acids is 2. The van der Waals surface area contributed by atoms with Gasteiger partial charge in [-0.2, -0.15) is 0 Å². The van der Waals surface area contributed by atoms with Crippen molar-refractivity contribution in [2.45, 2.75) is 123 Å². The zero-order valence-electron chi connectivity index (χ0n) is 35.5. The highest BCUT2D eigenvalue weighted by atomic mass is 28.3. The molecule has 0 spiro atoms. The van der Waals surface area contributed by atoms with E-state index in [-0.39, 0.29) is 24.3 Å². The third-order valence-corrected chi connectivity index (χ3v) is 12.1. The second-order valence-corrected chi connectivity index (χ2v) is 24.3. The normalized spacial score (nSPS) is 17.7. The number of nitrogens with zero attached hydrogens (tertiary/aromatic N) is 7. The van der Waals surface area contributed by atoms with E-state index in [0.29, 0.717) is 32.1 Å². The maximum atomic E-state index is 13.3. The Morgan fingerprint density at radius 3 is 2.03 bits per heavy atom. The molecule has 2 aromatic carbocycles. The van der Waals surface area contributed by atoms with Crippen molar-refractivity contribution in [3.05, 3.63) is 72.7 Å². The minimum Gasteiger partial charge on any atom is -0.444 e. The van der Waals surface area contributed by atoms with Crippen molar-refractivity contribution >= 4 is 31.3 Å². The van der Waals surface area contributed by atoms with Crippen LogP contribution in [0.4, 0.5) is 9.59 Å². The van der Waals surface area contributed by atoms with E-state index in [1.807, 2.05) is 60.0 Å². The van der Waals surface area contributed by atoms with E-state index in [1.54, 1.807) is 16.0 Å². The van der Waals surface area contributed by atoms with Gasteiger partial charge in [-0.05, 0) is 102 Å². The molecule has 5 aromatic rings. The third kappa shape index (κ3) is 9.61. The Kier molecular flexibility index (Phi) is 11.5. The van der Waals surface area contributed by atoms with Crippen molar-refractivity contribution in [1.29, 1.82) is 0 Å². The smallest absolute Gasteiger partial charge is 0.410 e. The summed E-state index contributed by atoms with van der Waals surface area (Å²) in [5.74, 6) is 1.53. The fraction of sp³-hybridized carbons (Fsp3) is 0.500. The van der Waals surface area contributed by atoms with Crippen LogP contribution in [0.1, 0.15) is 91.0 Å². The number of ether oxygens (including phenoxy) is 3. The van der Waals surface area contributed by atoms with Crippen LogP contribution in [0.25, 0.3) is 44.8 Å². The van der Waals surface area contributed by atoms with Crippen LogP contribution in [-0.4, -0.2) is 90.4 Å². The number of benzene rings is 2. The van der Waals surface area contributed by atoms with Crippen LogP contribution in [0.5, 0.6) is 0 Å². The van der Waals surface area contributed by atoms with Crippen LogP contribution in [0.15, 0.2) is 61.1 Å². The van der Waals surface area contributed by atoms with Crippen molar-refractivity contribution < 1.29 is 23.8 Å². The van der Waals surface area contributed by atoms with Crippen LogP contribution >= 0.6 is 0 Å². The monoisotopic (exact) mass is 806 g/mol. The molecule has 2 saturated heterocycles. The molecule has 0 radical (unpaired) electrons. The molecule has 14 heteroatoms. The van der Waals surface area contributed by atoms with Crippen molar-refractivity contribution in [1.82, 2.24) is 39.3 Å². The van der Waals surface area contributed by atoms with Gasteiger partial charge in [0.05, 0.1) is 53.1 Å². The van der Waals surface area contributed by atoms with E-state index < -0.39 is 19.3 Å². The molecule has 2 fully saturated rings. The minimum atomic E-state index is -1.30. The predicted molar refractivity (Wildman–Crippen MR) is 228 cm³/mol. The molecular weight excluding hydrogens is 749 g/mol. The molecule has 2 aliphatic rings. The van der Waals surface area contributed by atoms with E-state index in [1.165, 1.54) is 0 Å². The van der Waals surface area contributed by atoms with E-state index in [2.05, 4.69) is 70.6 Å². The van der Waals surface area contributed by atoms with Crippen LogP contribution in [0, 0.1) is 0 Å². The number of H-pyrrole nitrogens is 1. The Morgan fingerprint density at radius 2 is 1.38 bits per heavy atom. The average Bonchev–Trinajstić information content (AvgIpc) is 3.98. The van der Waals surface area contributed by atoms with Crippen LogP contribution < -0.4 is 0 Å². The zero-order chi connectivity index (χ0) is 41.4. The van der Waals surface area contributed by atoms with Crippen molar-refractivity contribution in [2.24, 2.45) is 0 Å². The number of amides is 2. The van der Waals surface area contributed by atoms with Gasteiger partial charge in [-0.1, -0.05) is 50.0 Å². The van der Waals surface area contributed by atoms with Gasteiger partial charge in [-0.25, -0.2) is 24.5 Å². The fourth-order valence-corrected chi connectivity index (χ4v) is 8.26. The number of fused-ring (bicyclic) bond motifs is 1. The molecule has 58 heavy (non-hydrogen) atoms. The lowest BCUT2D eigenvalue weighted by molar-refractivity contribution is 0.0199. The Balaban J connectivity index is 1.10. The van der Waals surface area contributed by atoms with Gasteiger partial charge < -0.3 is 23.8 Å². The van der Waals surface area contributed by atoms with Crippen LogP contribution in [-0.2, 0) is 20.9 Å². The second-order valence-electron chi connectivity index (χ2n) is 18.7. The summed E-state index contributed by atoms with van der Waals surface area (Å²) < 4.78 is 19.8. The summed E-state index contributed by atoms with van der Waals surface area (Å²) in [4.78, 5) is 52.7. The lowest BCUT2D eigenvalue weighted by Crippen LogP contribution is -2.37. The number of hydrogen-bond donors (Lipinski definition) is 1. The standard InChI is InChI=1S/C44H58N8O5Si/c1-43(2,3)56-41(53)50-20-10-12-36(50)39-46-25-34(49-39)30-16-14-29(15-17-30)31-18-19-32-33(24-31)45-26-35(48-32)38-27-47-40(52(38)28-55-22-23-58(7,8)9)37-13-11-21-51(37)42(54)57-44(4,5)6/h14-19,24-27,36-37H,10-13,20-23,28H2,1-9H3,(H,46,49)/t36-,37-/m0/s1. The summed E-state index contributed by atoms with van der Waals surface area (Å²) in [6, 6.07) is 15.1. The number of carbonyl (C=O) groups is 2.